The number of para-hydroxylation sites is 1. The largest absolute Gasteiger partial charge is 0.484 e. The topological polar surface area (TPSA) is 119 Å². The number of hydrogen-bond acceptors (Lipinski definition) is 8. The number of hydrazine groups is 1. The fourth-order valence-electron chi connectivity index (χ4n) is 2.14. The first-order valence-electron chi connectivity index (χ1n) is 8.18. The van der Waals surface area contributed by atoms with Gasteiger partial charge in [0.25, 0.3) is 5.91 Å². The maximum atomic E-state index is 11.9. The lowest BCUT2D eigenvalue weighted by Crippen LogP contribution is -2.34. The van der Waals surface area contributed by atoms with E-state index in [0.717, 1.165) is 11.8 Å². The Morgan fingerprint density at radius 3 is 2.55 bits per heavy atom. The molecule has 2 aromatic carbocycles. The molecule has 0 saturated heterocycles. The maximum absolute atomic E-state index is 11.9. The molecule has 0 radical (unpaired) electrons. The van der Waals surface area contributed by atoms with E-state index in [9.17, 15) is 14.9 Å². The van der Waals surface area contributed by atoms with Crippen molar-refractivity contribution in [1.29, 1.82) is 0 Å². The van der Waals surface area contributed by atoms with Crippen molar-refractivity contribution < 1.29 is 14.5 Å². The molecule has 9 nitrogen and oxygen atoms in total. The molecule has 0 bridgehead atoms. The first-order chi connectivity index (χ1) is 14.0. The van der Waals surface area contributed by atoms with Crippen molar-refractivity contribution >= 4 is 40.8 Å². The molecule has 1 aromatic heterocycles. The first kappa shape index (κ1) is 20.4. The molecule has 3 aromatic rings. The third kappa shape index (κ3) is 5.80. The van der Waals surface area contributed by atoms with E-state index in [1.165, 1.54) is 6.33 Å². The fourth-order valence-corrected chi connectivity index (χ4v) is 3.13. The number of nitrogens with one attached hydrogen (secondary N) is 2. The number of amides is 1. The zero-order valence-electron chi connectivity index (χ0n) is 14.7. The summed E-state index contributed by atoms with van der Waals surface area (Å²) in [5, 5.41) is 12.2. The minimum Gasteiger partial charge on any atom is -0.484 e. The van der Waals surface area contributed by atoms with E-state index in [-0.39, 0.29) is 23.1 Å². The summed E-state index contributed by atoms with van der Waals surface area (Å²) in [6.07, 6.45) is 1.17. The maximum Gasteiger partial charge on any atom is 0.345 e. The van der Waals surface area contributed by atoms with Crippen molar-refractivity contribution in [2.45, 2.75) is 9.92 Å². The summed E-state index contributed by atoms with van der Waals surface area (Å²) < 4.78 is 5.31. The molecular weight excluding hydrogens is 418 g/mol. The molecule has 29 heavy (non-hydrogen) atoms. The minimum absolute atomic E-state index is 0.115. The smallest absolute Gasteiger partial charge is 0.345 e. The van der Waals surface area contributed by atoms with Crippen molar-refractivity contribution in [2.24, 2.45) is 0 Å². The first-order valence-corrected chi connectivity index (χ1v) is 9.38. The van der Waals surface area contributed by atoms with Crippen LogP contribution in [-0.2, 0) is 4.79 Å². The monoisotopic (exact) mass is 431 g/mol. The molecule has 2 N–H and O–H groups in total. The Balaban J connectivity index is 1.67. The number of aromatic nitrogens is 2. The molecule has 11 heteroatoms. The van der Waals surface area contributed by atoms with Crippen LogP contribution in [0.2, 0.25) is 5.02 Å². The molecule has 0 fully saturated rings. The Labute approximate surface area is 174 Å². The highest BCUT2D eigenvalue weighted by Gasteiger charge is 2.24. The van der Waals surface area contributed by atoms with E-state index < -0.39 is 10.8 Å². The number of ether oxygens (including phenoxy) is 1. The summed E-state index contributed by atoms with van der Waals surface area (Å²) in [5.41, 5.74) is 4.42. The average molecular weight is 432 g/mol. The van der Waals surface area contributed by atoms with Gasteiger partial charge in [-0.2, -0.15) is 0 Å². The zero-order valence-corrected chi connectivity index (χ0v) is 16.3. The van der Waals surface area contributed by atoms with Gasteiger partial charge in [-0.1, -0.05) is 41.6 Å². The molecule has 1 heterocycles. The molecular formula is C18H14ClN5O4S. The Kier molecular flexibility index (Phi) is 6.82. The second-order valence-corrected chi connectivity index (χ2v) is 6.96. The second kappa shape index (κ2) is 9.71. The van der Waals surface area contributed by atoms with E-state index in [4.69, 9.17) is 16.3 Å². The average Bonchev–Trinajstić information content (AvgIpc) is 2.73. The molecule has 1 amide bonds. The van der Waals surface area contributed by atoms with E-state index in [2.05, 4.69) is 20.8 Å². The van der Waals surface area contributed by atoms with E-state index >= 15 is 0 Å². The van der Waals surface area contributed by atoms with Gasteiger partial charge in [0.2, 0.25) is 5.82 Å². The van der Waals surface area contributed by atoms with Crippen LogP contribution in [0, 0.1) is 10.1 Å². The van der Waals surface area contributed by atoms with Crippen LogP contribution in [0.15, 0.2) is 70.8 Å². The SMILES string of the molecule is O=C(COc1ccccc1)NNc1ncnc(Sc2ccc(Cl)cc2)c1[N+](=O)[O-]. The van der Waals surface area contributed by atoms with Gasteiger partial charge in [0.15, 0.2) is 11.6 Å². The zero-order chi connectivity index (χ0) is 20.6. The summed E-state index contributed by atoms with van der Waals surface area (Å²) in [4.78, 5) is 31.4. The number of nitrogens with zero attached hydrogens (tertiary/aromatic N) is 3. The van der Waals surface area contributed by atoms with Gasteiger partial charge in [0.1, 0.15) is 12.1 Å². The van der Waals surface area contributed by atoms with Crippen LogP contribution < -0.4 is 15.6 Å². The number of carbonyl (C=O) groups excluding carboxylic acids is 1. The molecule has 0 aliphatic rings. The van der Waals surface area contributed by atoms with Gasteiger partial charge in [0.05, 0.1) is 4.92 Å². The summed E-state index contributed by atoms with van der Waals surface area (Å²) in [6, 6.07) is 15.6. The number of rotatable bonds is 8. The second-order valence-electron chi connectivity index (χ2n) is 5.46. The van der Waals surface area contributed by atoms with Gasteiger partial charge in [-0.25, -0.2) is 9.97 Å². The highest BCUT2D eigenvalue weighted by molar-refractivity contribution is 7.99. The lowest BCUT2D eigenvalue weighted by molar-refractivity contribution is -0.387. The van der Waals surface area contributed by atoms with Crippen LogP contribution >= 0.6 is 23.4 Å². The van der Waals surface area contributed by atoms with Crippen molar-refractivity contribution in [3.63, 3.8) is 0 Å². The van der Waals surface area contributed by atoms with Crippen molar-refractivity contribution in [3.8, 4) is 5.75 Å². The van der Waals surface area contributed by atoms with E-state index in [1.54, 1.807) is 48.5 Å². The number of anilines is 1. The van der Waals surface area contributed by atoms with Gasteiger partial charge in [-0.3, -0.25) is 25.8 Å². The van der Waals surface area contributed by atoms with Crippen LogP contribution in [-0.4, -0.2) is 27.4 Å². The molecule has 148 valence electrons. The lowest BCUT2D eigenvalue weighted by Gasteiger charge is -2.10. The van der Waals surface area contributed by atoms with Gasteiger partial charge in [-0.15, -0.1) is 0 Å². The quantitative estimate of drug-likeness (QED) is 0.314. The molecule has 0 aliphatic carbocycles. The van der Waals surface area contributed by atoms with Crippen molar-refractivity contribution in [2.75, 3.05) is 12.0 Å². The van der Waals surface area contributed by atoms with Crippen LogP contribution in [0.3, 0.4) is 0 Å². The number of carbonyl (C=O) groups is 1. The molecule has 0 aliphatic heterocycles. The summed E-state index contributed by atoms with van der Waals surface area (Å²) in [6.45, 7) is -0.276. The molecule has 3 rings (SSSR count). The third-order valence-corrected chi connectivity index (χ3v) is 4.68. The van der Waals surface area contributed by atoms with Gasteiger partial charge in [0, 0.05) is 9.92 Å². The molecule has 0 unspecified atom stereocenters. The van der Waals surface area contributed by atoms with Gasteiger partial charge < -0.3 is 4.74 Å². The highest BCUT2D eigenvalue weighted by Crippen LogP contribution is 2.36. The van der Waals surface area contributed by atoms with Gasteiger partial charge in [-0.05, 0) is 36.4 Å². The minimum atomic E-state index is -0.618. The summed E-state index contributed by atoms with van der Waals surface area (Å²) >= 11 is 6.93. The molecule has 0 saturated carbocycles. The van der Waals surface area contributed by atoms with Crippen LogP contribution in [0.4, 0.5) is 11.5 Å². The highest BCUT2D eigenvalue weighted by atomic mass is 35.5. The number of benzene rings is 2. The standard InChI is InChI=1S/C18H14ClN5O4S/c19-12-6-8-14(9-7-12)29-18-16(24(26)27)17(20-11-21-18)23-22-15(25)10-28-13-4-2-1-3-5-13/h1-9,11H,10H2,(H,22,25)(H,20,21,23). The summed E-state index contributed by atoms with van der Waals surface area (Å²) in [5.74, 6) is -0.152. The number of nitro groups is 1. The Hall–Kier alpha value is -3.37. The number of hydrogen-bond donors (Lipinski definition) is 2. The Bertz CT molecular complexity index is 1000. The predicted molar refractivity (Wildman–Crippen MR) is 108 cm³/mol. The summed E-state index contributed by atoms with van der Waals surface area (Å²) in [7, 11) is 0. The Morgan fingerprint density at radius 1 is 1.14 bits per heavy atom. The fraction of sp³-hybridized carbons (Fsp3) is 0.0556. The lowest BCUT2D eigenvalue weighted by atomic mass is 10.3. The van der Waals surface area contributed by atoms with Crippen molar-refractivity contribution in [1.82, 2.24) is 15.4 Å². The predicted octanol–water partition coefficient (Wildman–Crippen LogP) is 3.71. The van der Waals surface area contributed by atoms with Crippen molar-refractivity contribution in [3.05, 3.63) is 76.1 Å². The third-order valence-electron chi connectivity index (χ3n) is 3.43. The Morgan fingerprint density at radius 2 is 1.86 bits per heavy atom. The molecule has 0 atom stereocenters. The number of halogens is 1. The van der Waals surface area contributed by atoms with E-state index in [0.29, 0.717) is 15.7 Å². The normalized spacial score (nSPS) is 10.2. The van der Waals surface area contributed by atoms with Crippen LogP contribution in [0.1, 0.15) is 0 Å². The van der Waals surface area contributed by atoms with E-state index in [1.807, 2.05) is 6.07 Å². The van der Waals surface area contributed by atoms with Gasteiger partial charge >= 0.3 is 5.69 Å². The molecule has 0 spiro atoms. The van der Waals surface area contributed by atoms with Crippen LogP contribution in [0.25, 0.3) is 0 Å². The van der Waals surface area contributed by atoms with Crippen LogP contribution in [0.5, 0.6) is 5.75 Å².